The highest BCUT2D eigenvalue weighted by molar-refractivity contribution is 6.24. The molecule has 3 N–H and O–H groups in total. The Morgan fingerprint density at radius 3 is 0.931 bits per heavy atom. The van der Waals surface area contributed by atoms with Gasteiger partial charge in [-0.05, 0) is 225 Å². The number of carbonyl (C=O) groups excluding carboxylic acids is 6. The van der Waals surface area contributed by atoms with Crippen LogP contribution in [0.3, 0.4) is 0 Å². The summed E-state index contributed by atoms with van der Waals surface area (Å²) >= 11 is 0. The highest BCUT2D eigenvalue weighted by atomic mass is 16.2. The third-order valence-electron chi connectivity index (χ3n) is 24.0. The van der Waals surface area contributed by atoms with Crippen LogP contribution in [0.25, 0.3) is 0 Å². The lowest BCUT2D eigenvalue weighted by Gasteiger charge is -2.29. The van der Waals surface area contributed by atoms with Crippen LogP contribution in [0.5, 0.6) is 0 Å². The summed E-state index contributed by atoms with van der Waals surface area (Å²) in [6.07, 6.45) is 41.5. The van der Waals surface area contributed by atoms with Crippen LogP contribution in [0.4, 0.5) is 17.1 Å². The fourth-order valence-corrected chi connectivity index (χ4v) is 16.4. The summed E-state index contributed by atoms with van der Waals surface area (Å²) in [5.74, 6) is 0.322. The Bertz CT molecular complexity index is 2930. The summed E-state index contributed by atoms with van der Waals surface area (Å²) in [4.78, 5) is 85.9. The van der Waals surface area contributed by atoms with Crippen LogP contribution >= 0.6 is 0 Å². The third kappa shape index (κ3) is 25.9. The number of benzene rings is 3. The standard InChI is InChI=1S/C31H51NO2.C29H47NO2.C27H43NO2.3CH4O/c1-8-10-12-14-15-17-19-21-31(20-18-16-13-11-9-2)22-28(33)32(30(31)34)29-26(6)24(4)23(3)25(5)27(29)7;1-8-10-11-12-13-14-15-17-25(16-9-2)18-26-19-27(31)30(29(26)32)28-23(6)21(4)20(3)22(5)24(28)7;1-8-10-12-14-16-23-24(17-15-13-11-9-2)27(30)28(26(23)29)25-21(6)19(4)18(3)20(5)22(25)7;3*1-2/h8-22H2,1-7H3;25-26H,8-19H2,1-7H3;23-24H,8-17H2,1-7H3;3*2H,1H3. The van der Waals surface area contributed by atoms with Gasteiger partial charge in [0.25, 0.3) is 0 Å². The normalized spacial score (nSPS) is 17.4. The van der Waals surface area contributed by atoms with Crippen LogP contribution in [0, 0.1) is 133 Å². The number of amides is 6. The Balaban J connectivity index is 0.000000738. The fraction of sp³-hybridized carbons (Fsp3) is 0.733. The van der Waals surface area contributed by atoms with Crippen molar-refractivity contribution in [2.24, 2.45) is 29.1 Å². The zero-order valence-electron chi connectivity index (χ0n) is 70.1. The minimum atomic E-state index is -0.502. The summed E-state index contributed by atoms with van der Waals surface area (Å²) in [7, 11) is 3.00. The predicted molar refractivity (Wildman–Crippen MR) is 434 cm³/mol. The molecule has 582 valence electrons. The zero-order valence-corrected chi connectivity index (χ0v) is 70.1. The van der Waals surface area contributed by atoms with E-state index in [4.69, 9.17) is 15.3 Å². The maximum absolute atomic E-state index is 14.1. The van der Waals surface area contributed by atoms with Gasteiger partial charge >= 0.3 is 0 Å². The molecule has 3 heterocycles. The predicted octanol–water partition coefficient (Wildman–Crippen LogP) is 23.1. The summed E-state index contributed by atoms with van der Waals surface area (Å²) < 4.78 is 0. The summed E-state index contributed by atoms with van der Waals surface area (Å²) in [6, 6.07) is 0. The molecule has 0 bridgehead atoms. The van der Waals surface area contributed by atoms with Gasteiger partial charge < -0.3 is 15.3 Å². The molecular formula is C90H153N3O9. The van der Waals surface area contributed by atoms with Gasteiger partial charge in [-0.3, -0.25) is 28.8 Å². The second-order valence-corrected chi connectivity index (χ2v) is 30.6. The average molecular weight is 1420 g/mol. The van der Waals surface area contributed by atoms with E-state index in [1.165, 1.54) is 190 Å². The van der Waals surface area contributed by atoms with Crippen molar-refractivity contribution in [1.29, 1.82) is 0 Å². The van der Waals surface area contributed by atoms with Crippen molar-refractivity contribution in [2.45, 2.75) is 383 Å². The number of hydrogen-bond donors (Lipinski definition) is 3. The van der Waals surface area contributed by atoms with E-state index in [1.54, 1.807) is 9.80 Å². The molecule has 5 atom stereocenters. The Kier molecular flexibility index (Phi) is 47.0. The first kappa shape index (κ1) is 95.0. The molecule has 0 spiro atoms. The zero-order chi connectivity index (χ0) is 77.6. The number of aliphatic hydroxyl groups is 3. The number of nitrogens with zero attached hydrogens (tertiary/aromatic N) is 3. The Hall–Kier alpha value is -5.04. The molecule has 3 aliphatic heterocycles. The Morgan fingerprint density at radius 1 is 0.314 bits per heavy atom. The fourth-order valence-electron chi connectivity index (χ4n) is 16.4. The van der Waals surface area contributed by atoms with Crippen LogP contribution < -0.4 is 14.7 Å². The molecule has 3 aromatic rings. The molecule has 0 aromatic heterocycles. The SMILES string of the molecule is CCCCCCC1C(=O)N(c2c(C)c(C)c(C)c(C)c2C)C(=O)C1CCCCCC.CCCCCCCCCC(CCC)CC1CC(=O)N(c2c(C)c(C)c(C)c(C)c2C)C1=O.CCCCCCCCCC1(CCCCCCC)CC(=O)N(c2c(C)c(C)c(C)c(C)c2C)C1=O.CO.CO.CO. The number of imide groups is 3. The molecule has 3 aliphatic rings. The van der Waals surface area contributed by atoms with Gasteiger partial charge in [0.1, 0.15) is 0 Å². The van der Waals surface area contributed by atoms with E-state index in [-0.39, 0.29) is 53.2 Å². The molecule has 5 unspecified atom stereocenters. The molecule has 3 saturated heterocycles. The third-order valence-corrected chi connectivity index (χ3v) is 24.0. The van der Waals surface area contributed by atoms with Gasteiger partial charge in [-0.15, -0.1) is 0 Å². The largest absolute Gasteiger partial charge is 0.400 e. The van der Waals surface area contributed by atoms with Crippen LogP contribution in [-0.2, 0) is 28.8 Å². The van der Waals surface area contributed by atoms with Crippen LogP contribution in [0.1, 0.15) is 363 Å². The molecule has 12 heteroatoms. The first-order valence-corrected chi connectivity index (χ1v) is 40.9. The van der Waals surface area contributed by atoms with Gasteiger partial charge in [-0.1, -0.05) is 234 Å². The second-order valence-electron chi connectivity index (χ2n) is 30.6. The number of carbonyl (C=O) groups is 6. The lowest BCUT2D eigenvalue weighted by atomic mass is 9.76. The van der Waals surface area contributed by atoms with Gasteiger partial charge in [-0.2, -0.15) is 0 Å². The van der Waals surface area contributed by atoms with E-state index in [0.717, 1.165) is 162 Å². The minimum absolute atomic E-state index is 0.00959. The topological polar surface area (TPSA) is 173 Å². The van der Waals surface area contributed by atoms with Crippen molar-refractivity contribution in [2.75, 3.05) is 36.0 Å². The van der Waals surface area contributed by atoms with E-state index >= 15 is 0 Å². The highest BCUT2D eigenvalue weighted by Crippen LogP contribution is 2.48. The Labute approximate surface area is 624 Å². The monoisotopic (exact) mass is 1420 g/mol. The van der Waals surface area contributed by atoms with Crippen molar-refractivity contribution >= 4 is 52.5 Å². The summed E-state index contributed by atoms with van der Waals surface area (Å²) in [6.45, 7) is 44.8. The van der Waals surface area contributed by atoms with Crippen molar-refractivity contribution in [1.82, 2.24) is 0 Å². The first-order valence-electron chi connectivity index (χ1n) is 40.9. The van der Waals surface area contributed by atoms with E-state index in [0.29, 0.717) is 18.8 Å². The first-order chi connectivity index (χ1) is 48.7. The maximum Gasteiger partial charge on any atom is 0.240 e. The summed E-state index contributed by atoms with van der Waals surface area (Å²) in [5, 5.41) is 21.0. The molecule has 0 saturated carbocycles. The molecule has 102 heavy (non-hydrogen) atoms. The summed E-state index contributed by atoms with van der Waals surface area (Å²) in [5.41, 5.74) is 19.5. The molecule has 3 fully saturated rings. The van der Waals surface area contributed by atoms with Crippen molar-refractivity contribution in [3.8, 4) is 0 Å². The van der Waals surface area contributed by atoms with E-state index in [2.05, 4.69) is 145 Å². The van der Waals surface area contributed by atoms with Crippen molar-refractivity contribution in [3.63, 3.8) is 0 Å². The minimum Gasteiger partial charge on any atom is -0.400 e. The molecule has 12 nitrogen and oxygen atoms in total. The lowest BCUT2D eigenvalue weighted by Crippen LogP contribution is -2.37. The molecule has 0 aliphatic carbocycles. The number of hydrogen-bond acceptors (Lipinski definition) is 9. The molecule has 6 amide bonds. The molecular weight excluding hydrogens is 1270 g/mol. The second kappa shape index (κ2) is 50.5. The van der Waals surface area contributed by atoms with E-state index < -0.39 is 5.41 Å². The van der Waals surface area contributed by atoms with Crippen LogP contribution in [-0.4, -0.2) is 72.1 Å². The maximum atomic E-state index is 14.1. The average Bonchev–Trinajstić information content (AvgIpc) is 1.57. The smallest absolute Gasteiger partial charge is 0.240 e. The van der Waals surface area contributed by atoms with Crippen LogP contribution in [0.2, 0.25) is 0 Å². The van der Waals surface area contributed by atoms with Gasteiger partial charge in [0.05, 0.1) is 34.3 Å². The number of unbranched alkanes of at least 4 members (excludes halogenated alkanes) is 22. The van der Waals surface area contributed by atoms with Gasteiger partial charge in [0.15, 0.2) is 0 Å². The highest BCUT2D eigenvalue weighted by Gasteiger charge is 2.52. The van der Waals surface area contributed by atoms with Crippen molar-refractivity contribution < 1.29 is 44.1 Å². The van der Waals surface area contributed by atoms with Crippen LogP contribution in [0.15, 0.2) is 0 Å². The Morgan fingerprint density at radius 2 is 0.598 bits per heavy atom. The molecule has 3 aromatic carbocycles. The van der Waals surface area contributed by atoms with E-state index in [1.807, 2.05) is 0 Å². The van der Waals surface area contributed by atoms with Gasteiger partial charge in [0.2, 0.25) is 35.4 Å². The quantitative estimate of drug-likeness (QED) is 0.0371. The molecule has 0 radical (unpaired) electrons. The number of anilines is 3. The van der Waals surface area contributed by atoms with Gasteiger partial charge in [0, 0.05) is 40.1 Å². The van der Waals surface area contributed by atoms with Gasteiger partial charge in [-0.25, -0.2) is 14.7 Å². The number of rotatable bonds is 39. The van der Waals surface area contributed by atoms with Crippen molar-refractivity contribution in [3.05, 3.63) is 83.5 Å². The lowest BCUT2D eigenvalue weighted by molar-refractivity contribution is -0.127. The van der Waals surface area contributed by atoms with E-state index in [9.17, 15) is 28.8 Å². The number of aliphatic hydroxyl groups excluding tert-OH is 3. The molecule has 6 rings (SSSR count).